The summed E-state index contributed by atoms with van der Waals surface area (Å²) < 4.78 is 26.4. The van der Waals surface area contributed by atoms with Gasteiger partial charge in [-0.25, -0.2) is 8.42 Å². The highest BCUT2D eigenvalue weighted by Gasteiger charge is 2.35. The molecule has 1 fully saturated rings. The van der Waals surface area contributed by atoms with Crippen LogP contribution in [-0.2, 0) is 10.0 Å². The van der Waals surface area contributed by atoms with Gasteiger partial charge in [-0.1, -0.05) is 25.4 Å². The van der Waals surface area contributed by atoms with Gasteiger partial charge in [0.1, 0.15) is 4.90 Å². The molecule has 1 aromatic rings. The lowest BCUT2D eigenvalue weighted by Gasteiger charge is -2.17. The van der Waals surface area contributed by atoms with Gasteiger partial charge in [0.05, 0.1) is 5.02 Å². The molecule has 0 aromatic heterocycles. The van der Waals surface area contributed by atoms with Crippen LogP contribution in [0, 0.1) is 11.8 Å². The lowest BCUT2D eigenvalue weighted by Crippen LogP contribution is -2.29. The van der Waals surface area contributed by atoms with E-state index < -0.39 is 10.0 Å². The molecule has 2 atom stereocenters. The Balaban J connectivity index is 2.37. The Morgan fingerprint density at radius 1 is 1.28 bits per heavy atom. The molecule has 0 radical (unpaired) electrons. The molecule has 2 N–H and O–H groups in total. The first-order chi connectivity index (χ1) is 8.32. The van der Waals surface area contributed by atoms with E-state index in [-0.39, 0.29) is 9.92 Å². The molecule has 0 aliphatic carbocycles. The number of anilines is 1. The van der Waals surface area contributed by atoms with Gasteiger partial charge in [0.15, 0.2) is 0 Å². The van der Waals surface area contributed by atoms with Crippen molar-refractivity contribution in [2.24, 2.45) is 11.8 Å². The smallest absolute Gasteiger partial charge is 0.244 e. The number of sulfonamides is 1. The lowest BCUT2D eigenvalue weighted by molar-refractivity contribution is 0.463. The maximum Gasteiger partial charge on any atom is 0.244 e. The third-order valence-electron chi connectivity index (χ3n) is 3.53. The summed E-state index contributed by atoms with van der Waals surface area (Å²) in [7, 11) is -3.51. The monoisotopic (exact) mass is 288 g/mol. The van der Waals surface area contributed by atoms with E-state index in [4.69, 9.17) is 17.3 Å². The molecular formula is C12H17ClN2O2S. The van der Waals surface area contributed by atoms with Gasteiger partial charge in [-0.2, -0.15) is 4.31 Å². The van der Waals surface area contributed by atoms with Gasteiger partial charge in [0.2, 0.25) is 10.0 Å². The zero-order chi connectivity index (χ0) is 13.5. The van der Waals surface area contributed by atoms with Crippen molar-refractivity contribution in [3.63, 3.8) is 0 Å². The Morgan fingerprint density at radius 3 is 2.33 bits per heavy atom. The van der Waals surface area contributed by atoms with Gasteiger partial charge in [-0.15, -0.1) is 0 Å². The molecular weight excluding hydrogens is 272 g/mol. The van der Waals surface area contributed by atoms with Crippen LogP contribution in [0.3, 0.4) is 0 Å². The highest BCUT2D eigenvalue weighted by Crippen LogP contribution is 2.31. The first kappa shape index (κ1) is 13.6. The zero-order valence-electron chi connectivity index (χ0n) is 10.4. The van der Waals surface area contributed by atoms with Crippen molar-refractivity contribution in [1.29, 1.82) is 0 Å². The average Bonchev–Trinajstić information content (AvgIpc) is 2.59. The van der Waals surface area contributed by atoms with E-state index in [2.05, 4.69) is 13.8 Å². The number of nitrogen functional groups attached to an aromatic ring is 1. The SMILES string of the molecule is CC1CN(S(=O)(=O)c2ccc(N)cc2Cl)CC1C. The van der Waals surface area contributed by atoms with Crippen LogP contribution in [0.1, 0.15) is 13.8 Å². The van der Waals surface area contributed by atoms with Gasteiger partial charge >= 0.3 is 0 Å². The fraction of sp³-hybridized carbons (Fsp3) is 0.500. The van der Waals surface area contributed by atoms with Crippen LogP contribution in [0.25, 0.3) is 0 Å². The van der Waals surface area contributed by atoms with Crippen LogP contribution in [0.5, 0.6) is 0 Å². The summed E-state index contributed by atoms with van der Waals surface area (Å²) in [5.41, 5.74) is 6.04. The number of benzene rings is 1. The standard InChI is InChI=1S/C12H17ClN2O2S/c1-8-6-15(7-9(8)2)18(16,17)12-4-3-10(14)5-11(12)13/h3-5,8-9H,6-7,14H2,1-2H3. The van der Waals surface area contributed by atoms with E-state index in [1.165, 1.54) is 16.4 Å². The third kappa shape index (κ3) is 2.35. The van der Waals surface area contributed by atoms with Crippen LogP contribution in [0.4, 0.5) is 5.69 Å². The summed E-state index contributed by atoms with van der Waals surface area (Å²) in [6, 6.07) is 4.50. The number of nitrogens with zero attached hydrogens (tertiary/aromatic N) is 1. The van der Waals surface area contributed by atoms with E-state index in [1.54, 1.807) is 6.07 Å². The third-order valence-corrected chi connectivity index (χ3v) is 5.84. The first-order valence-corrected chi connectivity index (χ1v) is 7.69. The van der Waals surface area contributed by atoms with E-state index in [9.17, 15) is 8.42 Å². The molecule has 1 heterocycles. The summed E-state index contributed by atoms with van der Waals surface area (Å²) in [5, 5.41) is 0.183. The van der Waals surface area contributed by atoms with Gasteiger partial charge < -0.3 is 5.73 Å². The first-order valence-electron chi connectivity index (χ1n) is 5.87. The van der Waals surface area contributed by atoms with E-state index in [0.29, 0.717) is 30.6 Å². The van der Waals surface area contributed by atoms with Crippen molar-refractivity contribution in [2.45, 2.75) is 18.7 Å². The van der Waals surface area contributed by atoms with E-state index in [0.717, 1.165) is 0 Å². The van der Waals surface area contributed by atoms with Crippen molar-refractivity contribution in [3.8, 4) is 0 Å². The summed E-state index contributed by atoms with van der Waals surface area (Å²) in [5.74, 6) is 0.736. The second-order valence-electron chi connectivity index (χ2n) is 4.97. The lowest BCUT2D eigenvalue weighted by atomic mass is 10.0. The minimum absolute atomic E-state index is 0.139. The van der Waals surface area contributed by atoms with E-state index >= 15 is 0 Å². The number of hydrogen-bond donors (Lipinski definition) is 1. The van der Waals surface area contributed by atoms with Gasteiger partial charge in [-0.3, -0.25) is 0 Å². The second kappa shape index (κ2) is 4.72. The van der Waals surface area contributed by atoms with Crippen LogP contribution >= 0.6 is 11.6 Å². The summed E-state index contributed by atoms with van der Waals surface area (Å²) >= 11 is 5.98. The molecule has 1 saturated heterocycles. The van der Waals surface area contributed by atoms with Crippen LogP contribution in [-0.4, -0.2) is 25.8 Å². The predicted molar refractivity (Wildman–Crippen MR) is 73.0 cm³/mol. The maximum absolute atomic E-state index is 12.5. The Labute approximate surface area is 113 Å². The Morgan fingerprint density at radius 2 is 1.83 bits per heavy atom. The summed E-state index contributed by atoms with van der Waals surface area (Å²) in [4.78, 5) is 0.139. The molecule has 6 heteroatoms. The topological polar surface area (TPSA) is 63.4 Å². The zero-order valence-corrected chi connectivity index (χ0v) is 12.0. The largest absolute Gasteiger partial charge is 0.399 e. The van der Waals surface area contributed by atoms with Crippen LogP contribution < -0.4 is 5.73 Å². The van der Waals surface area contributed by atoms with Crippen molar-refractivity contribution in [1.82, 2.24) is 4.31 Å². The highest BCUT2D eigenvalue weighted by molar-refractivity contribution is 7.89. The fourth-order valence-corrected chi connectivity index (χ4v) is 4.31. The number of nitrogens with two attached hydrogens (primary N) is 1. The Kier molecular flexibility index (Phi) is 3.58. The molecule has 2 rings (SSSR count). The molecule has 0 spiro atoms. The summed E-state index contributed by atoms with van der Waals surface area (Å²) in [6.45, 7) is 5.21. The molecule has 4 nitrogen and oxygen atoms in total. The molecule has 0 amide bonds. The molecule has 1 aliphatic heterocycles. The maximum atomic E-state index is 12.5. The van der Waals surface area contributed by atoms with Gasteiger partial charge in [0.25, 0.3) is 0 Å². The highest BCUT2D eigenvalue weighted by atomic mass is 35.5. The number of hydrogen-bond acceptors (Lipinski definition) is 3. The Hall–Kier alpha value is -0.780. The van der Waals surface area contributed by atoms with Gasteiger partial charge in [0, 0.05) is 18.8 Å². The molecule has 1 aromatic carbocycles. The molecule has 1 aliphatic rings. The minimum atomic E-state index is -3.51. The molecule has 0 bridgehead atoms. The second-order valence-corrected chi connectivity index (χ2v) is 7.28. The predicted octanol–water partition coefficient (Wildman–Crippen LogP) is 2.20. The van der Waals surface area contributed by atoms with E-state index in [1.807, 2.05) is 0 Å². The molecule has 2 unspecified atom stereocenters. The minimum Gasteiger partial charge on any atom is -0.399 e. The molecule has 0 saturated carbocycles. The number of rotatable bonds is 2. The summed E-state index contributed by atoms with van der Waals surface area (Å²) in [6.07, 6.45) is 0. The van der Waals surface area contributed by atoms with Crippen molar-refractivity contribution in [3.05, 3.63) is 23.2 Å². The van der Waals surface area contributed by atoms with Gasteiger partial charge in [-0.05, 0) is 30.0 Å². The molecule has 100 valence electrons. The van der Waals surface area contributed by atoms with Crippen LogP contribution in [0.15, 0.2) is 23.1 Å². The van der Waals surface area contributed by atoms with Crippen molar-refractivity contribution < 1.29 is 8.42 Å². The fourth-order valence-electron chi connectivity index (χ4n) is 2.14. The van der Waals surface area contributed by atoms with Crippen LogP contribution in [0.2, 0.25) is 5.02 Å². The number of halogens is 1. The van der Waals surface area contributed by atoms with Crippen molar-refractivity contribution >= 4 is 27.3 Å². The average molecular weight is 289 g/mol. The quantitative estimate of drug-likeness (QED) is 0.849. The molecule has 18 heavy (non-hydrogen) atoms. The van der Waals surface area contributed by atoms with Crippen molar-refractivity contribution in [2.75, 3.05) is 18.8 Å². The Bertz CT molecular complexity index is 549. The normalized spacial score (nSPS) is 25.5.